The van der Waals surface area contributed by atoms with Crippen molar-refractivity contribution in [2.45, 2.75) is 57.6 Å². The lowest BCUT2D eigenvalue weighted by Crippen LogP contribution is -2.48. The van der Waals surface area contributed by atoms with E-state index in [2.05, 4.69) is 17.1 Å². The highest BCUT2D eigenvalue weighted by atomic mass is 16.5. The molecular formula is C14H28N2O. The second-order valence-corrected chi connectivity index (χ2v) is 5.36. The highest BCUT2D eigenvalue weighted by molar-refractivity contribution is 4.89. The van der Waals surface area contributed by atoms with Crippen LogP contribution in [0.3, 0.4) is 0 Å². The number of rotatable bonds is 7. The lowest BCUT2D eigenvalue weighted by atomic mass is 10.1. The summed E-state index contributed by atoms with van der Waals surface area (Å²) in [7, 11) is 0. The molecule has 2 rings (SSSR count). The predicted molar refractivity (Wildman–Crippen MR) is 71.3 cm³/mol. The molecule has 17 heavy (non-hydrogen) atoms. The van der Waals surface area contributed by atoms with Crippen molar-refractivity contribution >= 4 is 0 Å². The van der Waals surface area contributed by atoms with Crippen LogP contribution in [0.5, 0.6) is 0 Å². The zero-order valence-electron chi connectivity index (χ0n) is 11.3. The minimum absolute atomic E-state index is 0.561. The second-order valence-electron chi connectivity index (χ2n) is 5.36. The van der Waals surface area contributed by atoms with E-state index < -0.39 is 0 Å². The van der Waals surface area contributed by atoms with Crippen LogP contribution in [0.25, 0.3) is 0 Å². The largest absolute Gasteiger partial charge is 0.375 e. The van der Waals surface area contributed by atoms with Gasteiger partial charge in [0.15, 0.2) is 0 Å². The van der Waals surface area contributed by atoms with E-state index in [4.69, 9.17) is 4.74 Å². The van der Waals surface area contributed by atoms with Crippen molar-refractivity contribution in [3.05, 3.63) is 0 Å². The Morgan fingerprint density at radius 2 is 2.18 bits per heavy atom. The summed E-state index contributed by atoms with van der Waals surface area (Å²) < 4.78 is 5.84. The molecule has 3 heteroatoms. The summed E-state index contributed by atoms with van der Waals surface area (Å²) in [6.45, 7) is 7.87. The van der Waals surface area contributed by atoms with E-state index in [-0.39, 0.29) is 0 Å². The first-order chi connectivity index (χ1) is 8.42. The fourth-order valence-corrected chi connectivity index (χ4v) is 3.20. The second kappa shape index (κ2) is 7.34. The Morgan fingerprint density at radius 1 is 1.24 bits per heavy atom. The average molecular weight is 240 g/mol. The molecule has 2 fully saturated rings. The third kappa shape index (κ3) is 3.94. The summed E-state index contributed by atoms with van der Waals surface area (Å²) in [6, 6.07) is 0.748. The van der Waals surface area contributed by atoms with Crippen LogP contribution in [0.15, 0.2) is 0 Å². The van der Waals surface area contributed by atoms with Crippen molar-refractivity contribution in [2.75, 3.05) is 32.8 Å². The van der Waals surface area contributed by atoms with Gasteiger partial charge in [-0.3, -0.25) is 4.90 Å². The summed E-state index contributed by atoms with van der Waals surface area (Å²) in [5.41, 5.74) is 0. The van der Waals surface area contributed by atoms with E-state index in [1.165, 1.54) is 51.6 Å². The summed E-state index contributed by atoms with van der Waals surface area (Å²) in [5.74, 6) is 0. The van der Waals surface area contributed by atoms with Crippen molar-refractivity contribution in [3.8, 4) is 0 Å². The summed E-state index contributed by atoms with van der Waals surface area (Å²) in [5, 5.41) is 3.39. The molecule has 0 radical (unpaired) electrons. The van der Waals surface area contributed by atoms with Crippen molar-refractivity contribution in [1.82, 2.24) is 10.2 Å². The van der Waals surface area contributed by atoms with Gasteiger partial charge in [-0.25, -0.2) is 0 Å². The molecule has 100 valence electrons. The van der Waals surface area contributed by atoms with Gasteiger partial charge in [0, 0.05) is 12.6 Å². The summed E-state index contributed by atoms with van der Waals surface area (Å²) >= 11 is 0. The molecule has 3 nitrogen and oxygen atoms in total. The first-order valence-corrected chi connectivity index (χ1v) is 7.48. The Balaban J connectivity index is 1.58. The third-order valence-corrected chi connectivity index (χ3v) is 4.15. The van der Waals surface area contributed by atoms with Gasteiger partial charge in [0.1, 0.15) is 0 Å². The molecule has 0 aromatic heterocycles. The number of unbranched alkanes of at least 4 members (excludes halogenated alkanes) is 2. The molecule has 1 aliphatic heterocycles. The highest BCUT2D eigenvalue weighted by Gasteiger charge is 2.35. The van der Waals surface area contributed by atoms with Crippen LogP contribution >= 0.6 is 0 Å². The molecule has 1 N–H and O–H groups in total. The van der Waals surface area contributed by atoms with Crippen molar-refractivity contribution in [1.29, 1.82) is 0 Å². The maximum Gasteiger partial charge on any atom is 0.0730 e. The number of morpholine rings is 1. The van der Waals surface area contributed by atoms with Crippen LogP contribution in [0.2, 0.25) is 0 Å². The zero-order valence-corrected chi connectivity index (χ0v) is 11.3. The van der Waals surface area contributed by atoms with Gasteiger partial charge in [-0.05, 0) is 51.7 Å². The molecule has 1 saturated heterocycles. The van der Waals surface area contributed by atoms with Crippen LogP contribution in [-0.4, -0.2) is 49.8 Å². The van der Waals surface area contributed by atoms with E-state index in [1.54, 1.807) is 0 Å². The molecule has 2 atom stereocenters. The summed E-state index contributed by atoms with van der Waals surface area (Å²) in [4.78, 5) is 2.69. The number of nitrogens with zero attached hydrogens (tertiary/aromatic N) is 1. The smallest absolute Gasteiger partial charge is 0.0730 e. The molecular weight excluding hydrogens is 212 g/mol. The molecule has 0 aromatic carbocycles. The molecule has 0 spiro atoms. The van der Waals surface area contributed by atoms with Gasteiger partial charge in [-0.15, -0.1) is 0 Å². The molecule has 0 amide bonds. The lowest BCUT2D eigenvalue weighted by Gasteiger charge is -2.37. The van der Waals surface area contributed by atoms with Crippen LogP contribution in [0.1, 0.15) is 45.4 Å². The number of hydrogen-bond donors (Lipinski definition) is 1. The van der Waals surface area contributed by atoms with Gasteiger partial charge in [-0.2, -0.15) is 0 Å². The van der Waals surface area contributed by atoms with Crippen molar-refractivity contribution < 1.29 is 4.74 Å². The summed E-state index contributed by atoms with van der Waals surface area (Å²) in [6.07, 6.45) is 8.63. The highest BCUT2D eigenvalue weighted by Crippen LogP contribution is 2.29. The Kier molecular flexibility index (Phi) is 5.75. The Morgan fingerprint density at radius 3 is 3.06 bits per heavy atom. The van der Waals surface area contributed by atoms with Crippen LogP contribution < -0.4 is 5.32 Å². The van der Waals surface area contributed by atoms with Crippen molar-refractivity contribution in [2.24, 2.45) is 0 Å². The van der Waals surface area contributed by atoms with E-state index in [0.717, 1.165) is 25.7 Å². The molecule has 1 aliphatic carbocycles. The van der Waals surface area contributed by atoms with Crippen LogP contribution in [0.4, 0.5) is 0 Å². The van der Waals surface area contributed by atoms with Gasteiger partial charge in [0.05, 0.1) is 12.7 Å². The van der Waals surface area contributed by atoms with E-state index in [1.807, 2.05) is 0 Å². The maximum atomic E-state index is 5.84. The van der Waals surface area contributed by atoms with E-state index >= 15 is 0 Å². The van der Waals surface area contributed by atoms with Gasteiger partial charge < -0.3 is 10.1 Å². The molecule has 1 heterocycles. The van der Waals surface area contributed by atoms with E-state index in [9.17, 15) is 0 Å². The van der Waals surface area contributed by atoms with Gasteiger partial charge in [0.2, 0.25) is 0 Å². The Hall–Kier alpha value is -0.120. The monoisotopic (exact) mass is 240 g/mol. The number of ether oxygens (including phenoxy) is 1. The molecule has 2 unspecified atom stereocenters. The third-order valence-electron chi connectivity index (χ3n) is 4.15. The van der Waals surface area contributed by atoms with Crippen LogP contribution in [-0.2, 0) is 4.74 Å². The predicted octanol–water partition coefficient (Wildman–Crippen LogP) is 2.02. The SMILES string of the molecule is CCNCCCCCN1CCOC2CCCC21. The minimum Gasteiger partial charge on any atom is -0.375 e. The number of nitrogens with one attached hydrogen (secondary N) is 1. The molecule has 1 saturated carbocycles. The Labute approximate surface area is 106 Å². The Bertz CT molecular complexity index is 210. The van der Waals surface area contributed by atoms with Gasteiger partial charge in [0.25, 0.3) is 0 Å². The molecule has 0 bridgehead atoms. The number of hydrogen-bond acceptors (Lipinski definition) is 3. The molecule has 0 aromatic rings. The topological polar surface area (TPSA) is 24.5 Å². The quantitative estimate of drug-likeness (QED) is 0.689. The van der Waals surface area contributed by atoms with Gasteiger partial charge in [-0.1, -0.05) is 13.3 Å². The average Bonchev–Trinajstić information content (AvgIpc) is 2.82. The van der Waals surface area contributed by atoms with Crippen LogP contribution in [0, 0.1) is 0 Å². The molecule has 2 aliphatic rings. The number of fused-ring (bicyclic) bond motifs is 1. The normalized spacial score (nSPS) is 29.5. The zero-order chi connectivity index (χ0) is 11.9. The van der Waals surface area contributed by atoms with Crippen molar-refractivity contribution in [3.63, 3.8) is 0 Å². The maximum absolute atomic E-state index is 5.84. The fourth-order valence-electron chi connectivity index (χ4n) is 3.20. The first-order valence-electron chi connectivity index (χ1n) is 7.48. The minimum atomic E-state index is 0.561. The first kappa shape index (κ1) is 13.3. The van der Waals surface area contributed by atoms with E-state index in [0.29, 0.717) is 6.10 Å². The fraction of sp³-hybridized carbons (Fsp3) is 1.00. The lowest BCUT2D eigenvalue weighted by molar-refractivity contribution is -0.0558. The van der Waals surface area contributed by atoms with Gasteiger partial charge >= 0.3 is 0 Å². The standard InChI is InChI=1S/C14H28N2O/c1-2-15-9-4-3-5-10-16-11-12-17-14-8-6-7-13(14)16/h13-15H,2-12H2,1H3.